The Morgan fingerprint density at radius 1 is 1.47 bits per heavy atom. The number of hydrogen-bond donors (Lipinski definition) is 1. The second kappa shape index (κ2) is 5.35. The summed E-state index contributed by atoms with van der Waals surface area (Å²) in [6.45, 7) is 0. The monoisotopic (exact) mass is 285 g/mol. The minimum absolute atomic E-state index is 0.0965. The van der Waals surface area contributed by atoms with E-state index in [4.69, 9.17) is 0 Å². The number of rotatable bonds is 4. The van der Waals surface area contributed by atoms with E-state index in [2.05, 4.69) is 10.2 Å². The maximum atomic E-state index is 13.4. The van der Waals surface area contributed by atoms with Crippen molar-refractivity contribution in [3.05, 3.63) is 45.9 Å². The number of hydrogen-bond acceptors (Lipinski definition) is 4. The molecule has 0 fully saturated rings. The summed E-state index contributed by atoms with van der Waals surface area (Å²) in [6.07, 6.45) is 0. The lowest BCUT2D eigenvalue weighted by atomic mass is 10.1. The number of H-pyrrole nitrogens is 1. The predicted molar refractivity (Wildman–Crippen MR) is 65.2 cm³/mol. The summed E-state index contributed by atoms with van der Waals surface area (Å²) in [6, 6.07) is 2.77. The number of aromatic amines is 1. The fourth-order valence-electron chi connectivity index (χ4n) is 1.39. The Morgan fingerprint density at radius 3 is 2.79 bits per heavy atom. The molecule has 0 aliphatic heterocycles. The number of carbonyl (C=O) groups is 1. The first kappa shape index (κ1) is 13.5. The first-order valence-corrected chi connectivity index (χ1v) is 6.20. The zero-order valence-corrected chi connectivity index (χ0v) is 10.6. The molecule has 0 bridgehead atoms. The van der Waals surface area contributed by atoms with Crippen molar-refractivity contribution in [2.24, 2.45) is 7.05 Å². The van der Waals surface area contributed by atoms with Gasteiger partial charge in [-0.2, -0.15) is 0 Å². The molecule has 100 valence electrons. The molecular formula is C11H9F2N3O2S. The predicted octanol–water partition coefficient (Wildman–Crippen LogP) is 1.36. The fraction of sp³-hybridized carbons (Fsp3) is 0.182. The highest BCUT2D eigenvalue weighted by Gasteiger charge is 2.14. The number of halogens is 2. The Labute approximate surface area is 110 Å². The smallest absolute Gasteiger partial charge is 0.293 e. The highest BCUT2D eigenvalue weighted by Crippen LogP contribution is 2.17. The summed E-state index contributed by atoms with van der Waals surface area (Å²) in [5.74, 6) is -2.24. The standard InChI is InChI=1S/C11H9F2N3O2S/c1-16-10(18)14-15-11(16)19-5-9(17)7-3-2-6(12)4-8(7)13/h2-4H,5H2,1H3,(H,14,18). The molecule has 1 heterocycles. The number of Topliss-reactive ketones (excluding diaryl/α,β-unsaturated/α-hetero) is 1. The maximum Gasteiger partial charge on any atom is 0.343 e. The summed E-state index contributed by atoms with van der Waals surface area (Å²) < 4.78 is 27.3. The number of aromatic nitrogens is 3. The van der Waals surface area contributed by atoms with Gasteiger partial charge < -0.3 is 0 Å². The van der Waals surface area contributed by atoms with E-state index in [-0.39, 0.29) is 11.3 Å². The van der Waals surface area contributed by atoms with E-state index in [9.17, 15) is 18.4 Å². The average molecular weight is 285 g/mol. The largest absolute Gasteiger partial charge is 0.343 e. The molecule has 0 radical (unpaired) electrons. The number of benzene rings is 1. The molecule has 0 amide bonds. The topological polar surface area (TPSA) is 67.8 Å². The summed E-state index contributed by atoms with van der Waals surface area (Å²) in [5.41, 5.74) is -0.586. The lowest BCUT2D eigenvalue weighted by Crippen LogP contribution is -2.13. The lowest BCUT2D eigenvalue weighted by molar-refractivity contribution is 0.101. The second-order valence-electron chi connectivity index (χ2n) is 3.71. The Balaban J connectivity index is 2.09. The summed E-state index contributed by atoms with van der Waals surface area (Å²) in [4.78, 5) is 22.9. The number of thioether (sulfide) groups is 1. The molecule has 0 saturated carbocycles. The molecule has 1 N–H and O–H groups in total. The van der Waals surface area contributed by atoms with Crippen LogP contribution in [0.15, 0.2) is 28.2 Å². The van der Waals surface area contributed by atoms with Gasteiger partial charge in [-0.25, -0.2) is 18.7 Å². The van der Waals surface area contributed by atoms with Gasteiger partial charge in [-0.1, -0.05) is 11.8 Å². The molecule has 0 aliphatic rings. The van der Waals surface area contributed by atoms with Crippen LogP contribution in [0.3, 0.4) is 0 Å². The normalized spacial score (nSPS) is 10.7. The molecule has 1 aromatic carbocycles. The van der Waals surface area contributed by atoms with Crippen LogP contribution in [0, 0.1) is 11.6 Å². The van der Waals surface area contributed by atoms with Crippen molar-refractivity contribution >= 4 is 17.5 Å². The quantitative estimate of drug-likeness (QED) is 0.680. The van der Waals surface area contributed by atoms with Gasteiger partial charge in [-0.3, -0.25) is 9.36 Å². The van der Waals surface area contributed by atoms with Crippen LogP contribution >= 0.6 is 11.8 Å². The highest BCUT2D eigenvalue weighted by atomic mass is 32.2. The minimum Gasteiger partial charge on any atom is -0.293 e. The number of nitrogens with zero attached hydrogens (tertiary/aromatic N) is 2. The van der Waals surface area contributed by atoms with Crippen molar-refractivity contribution in [3.8, 4) is 0 Å². The van der Waals surface area contributed by atoms with Crippen LogP contribution in [0.25, 0.3) is 0 Å². The second-order valence-corrected chi connectivity index (χ2v) is 4.65. The fourth-order valence-corrected chi connectivity index (χ4v) is 2.19. The van der Waals surface area contributed by atoms with E-state index < -0.39 is 23.1 Å². The zero-order chi connectivity index (χ0) is 14.0. The van der Waals surface area contributed by atoms with E-state index in [1.807, 2.05) is 0 Å². The van der Waals surface area contributed by atoms with Gasteiger partial charge in [0.1, 0.15) is 11.6 Å². The van der Waals surface area contributed by atoms with E-state index >= 15 is 0 Å². The molecule has 0 saturated heterocycles. The minimum atomic E-state index is -0.901. The molecule has 1 aromatic heterocycles. The average Bonchev–Trinajstić information content (AvgIpc) is 2.67. The third-order valence-electron chi connectivity index (χ3n) is 2.40. The Morgan fingerprint density at radius 2 is 2.21 bits per heavy atom. The van der Waals surface area contributed by atoms with E-state index in [1.54, 1.807) is 0 Å². The van der Waals surface area contributed by atoms with Crippen molar-refractivity contribution in [1.29, 1.82) is 0 Å². The van der Waals surface area contributed by atoms with Crippen LogP contribution in [0.4, 0.5) is 8.78 Å². The summed E-state index contributed by atoms with van der Waals surface area (Å²) >= 11 is 0.994. The van der Waals surface area contributed by atoms with Gasteiger partial charge >= 0.3 is 5.69 Å². The third kappa shape index (κ3) is 2.90. The Bertz CT molecular complexity index is 681. The molecular weight excluding hydrogens is 276 g/mol. The number of ketones is 1. The molecule has 8 heteroatoms. The molecule has 0 unspecified atom stereocenters. The lowest BCUT2D eigenvalue weighted by Gasteiger charge is -2.02. The summed E-state index contributed by atoms with van der Waals surface area (Å²) in [7, 11) is 1.50. The Kier molecular flexibility index (Phi) is 3.79. The molecule has 19 heavy (non-hydrogen) atoms. The van der Waals surface area contributed by atoms with Crippen molar-refractivity contribution in [2.75, 3.05) is 5.75 Å². The first-order valence-electron chi connectivity index (χ1n) is 5.21. The van der Waals surface area contributed by atoms with Crippen molar-refractivity contribution in [2.45, 2.75) is 5.16 Å². The molecule has 2 rings (SSSR count). The molecule has 0 aliphatic carbocycles. The highest BCUT2D eigenvalue weighted by molar-refractivity contribution is 7.99. The van der Waals surface area contributed by atoms with E-state index in [1.165, 1.54) is 11.6 Å². The van der Waals surface area contributed by atoms with Crippen LogP contribution in [0.5, 0.6) is 0 Å². The number of carbonyl (C=O) groups excluding carboxylic acids is 1. The van der Waals surface area contributed by atoms with Crippen LogP contribution in [-0.4, -0.2) is 26.3 Å². The molecule has 0 spiro atoms. The van der Waals surface area contributed by atoms with Gasteiger partial charge in [0.25, 0.3) is 0 Å². The van der Waals surface area contributed by atoms with Crippen LogP contribution in [0.1, 0.15) is 10.4 Å². The molecule has 0 atom stereocenters. The van der Waals surface area contributed by atoms with Gasteiger partial charge in [0.05, 0.1) is 11.3 Å². The molecule has 5 nitrogen and oxygen atoms in total. The van der Waals surface area contributed by atoms with Gasteiger partial charge in [-0.05, 0) is 12.1 Å². The van der Waals surface area contributed by atoms with Crippen molar-refractivity contribution in [1.82, 2.24) is 14.8 Å². The zero-order valence-electron chi connectivity index (χ0n) is 9.81. The van der Waals surface area contributed by atoms with E-state index in [0.717, 1.165) is 23.9 Å². The van der Waals surface area contributed by atoms with Crippen LogP contribution in [0.2, 0.25) is 0 Å². The number of nitrogens with one attached hydrogen (secondary N) is 1. The van der Waals surface area contributed by atoms with Gasteiger partial charge in [0.15, 0.2) is 10.9 Å². The van der Waals surface area contributed by atoms with Crippen molar-refractivity contribution in [3.63, 3.8) is 0 Å². The Hall–Kier alpha value is -1.96. The van der Waals surface area contributed by atoms with Gasteiger partial charge in [0.2, 0.25) is 0 Å². The first-order chi connectivity index (χ1) is 8.99. The van der Waals surface area contributed by atoms with Gasteiger partial charge in [-0.15, -0.1) is 5.10 Å². The SMILES string of the molecule is Cn1c(SCC(=O)c2ccc(F)cc2F)n[nH]c1=O. The van der Waals surface area contributed by atoms with Crippen molar-refractivity contribution < 1.29 is 13.6 Å². The maximum absolute atomic E-state index is 13.4. The third-order valence-corrected chi connectivity index (χ3v) is 3.43. The van der Waals surface area contributed by atoms with Crippen LogP contribution < -0.4 is 5.69 Å². The van der Waals surface area contributed by atoms with Crippen LogP contribution in [-0.2, 0) is 7.05 Å². The van der Waals surface area contributed by atoms with Gasteiger partial charge in [0, 0.05) is 13.1 Å². The molecule has 2 aromatic rings. The summed E-state index contributed by atoms with van der Waals surface area (Å²) in [5, 5.41) is 6.24. The van der Waals surface area contributed by atoms with E-state index in [0.29, 0.717) is 11.2 Å².